The number of amides is 2. The van der Waals surface area contributed by atoms with Gasteiger partial charge in [0.25, 0.3) is 5.91 Å². The summed E-state index contributed by atoms with van der Waals surface area (Å²) in [5, 5.41) is 15.5. The number of nitrogens with one attached hydrogen (secondary N) is 2. The third-order valence-electron chi connectivity index (χ3n) is 6.59. The maximum absolute atomic E-state index is 14.0. The average molecular weight is 525 g/mol. The summed E-state index contributed by atoms with van der Waals surface area (Å²) in [5.41, 5.74) is 1.67. The van der Waals surface area contributed by atoms with Gasteiger partial charge < -0.3 is 20.3 Å². The predicted molar refractivity (Wildman–Crippen MR) is 145 cm³/mol. The van der Waals surface area contributed by atoms with Crippen molar-refractivity contribution in [1.82, 2.24) is 19.9 Å². The van der Waals surface area contributed by atoms with Gasteiger partial charge in [0.15, 0.2) is 0 Å². The van der Waals surface area contributed by atoms with Crippen molar-refractivity contribution in [2.24, 2.45) is 0 Å². The number of carbonyl (C=O) groups excluding carboxylic acids is 2. The molecule has 4 rings (SSSR count). The maximum Gasteiger partial charge on any atom is 0.257 e. The van der Waals surface area contributed by atoms with E-state index in [4.69, 9.17) is 16.3 Å². The van der Waals surface area contributed by atoms with E-state index >= 15 is 0 Å². The fourth-order valence-electron chi connectivity index (χ4n) is 4.60. The summed E-state index contributed by atoms with van der Waals surface area (Å²) < 4.78 is 5.38. The molecule has 196 valence electrons. The van der Waals surface area contributed by atoms with Gasteiger partial charge in [-0.25, -0.2) is 0 Å². The molecule has 2 amide bonds. The van der Waals surface area contributed by atoms with E-state index in [0.717, 1.165) is 11.3 Å². The first-order valence-electron chi connectivity index (χ1n) is 12.2. The number of aromatic nitrogens is 3. The Morgan fingerprint density at radius 2 is 1.84 bits per heavy atom. The minimum absolute atomic E-state index is 0.234. The van der Waals surface area contributed by atoms with E-state index in [1.165, 1.54) is 4.80 Å². The first kappa shape index (κ1) is 26.5. The molecule has 1 aliphatic heterocycles. The molecule has 2 heterocycles. The fraction of sp³-hybridized carbons (Fsp3) is 0.407. The molecule has 9 nitrogen and oxygen atoms in total. The van der Waals surface area contributed by atoms with E-state index in [2.05, 4.69) is 20.8 Å². The van der Waals surface area contributed by atoms with E-state index < -0.39 is 5.54 Å². The van der Waals surface area contributed by atoms with Crippen molar-refractivity contribution in [3.63, 3.8) is 0 Å². The Balaban J connectivity index is 1.69. The fourth-order valence-corrected chi connectivity index (χ4v) is 4.76. The zero-order valence-electron chi connectivity index (χ0n) is 22.1. The second-order valence-electron chi connectivity index (χ2n) is 10.5. The van der Waals surface area contributed by atoms with Gasteiger partial charge in [0.2, 0.25) is 5.91 Å². The number of hydrogen-bond donors (Lipinski definition) is 2. The molecule has 0 spiro atoms. The summed E-state index contributed by atoms with van der Waals surface area (Å²) in [6.45, 7) is 10.2. The molecule has 0 bridgehead atoms. The van der Waals surface area contributed by atoms with Crippen LogP contribution < -0.4 is 15.4 Å². The van der Waals surface area contributed by atoms with Gasteiger partial charge in [-0.15, -0.1) is 0 Å². The number of methoxy groups -OCH3 is 1. The second kappa shape index (κ2) is 10.0. The largest absolute Gasteiger partial charge is 0.497 e. The Kier molecular flexibility index (Phi) is 7.19. The van der Waals surface area contributed by atoms with Gasteiger partial charge in [0.05, 0.1) is 42.1 Å². The van der Waals surface area contributed by atoms with Gasteiger partial charge >= 0.3 is 0 Å². The topological polar surface area (TPSA) is 101 Å². The highest BCUT2D eigenvalue weighted by atomic mass is 35.5. The van der Waals surface area contributed by atoms with E-state index in [0.29, 0.717) is 47.1 Å². The third kappa shape index (κ3) is 5.27. The lowest BCUT2D eigenvalue weighted by atomic mass is 9.96. The molecule has 1 fully saturated rings. The lowest BCUT2D eigenvalue weighted by molar-refractivity contribution is -0.124. The van der Waals surface area contributed by atoms with Gasteiger partial charge in [0, 0.05) is 17.1 Å². The van der Waals surface area contributed by atoms with Crippen molar-refractivity contribution in [1.29, 1.82) is 0 Å². The van der Waals surface area contributed by atoms with Crippen LogP contribution in [0.15, 0.2) is 42.7 Å². The maximum atomic E-state index is 14.0. The van der Waals surface area contributed by atoms with Crippen LogP contribution in [0.5, 0.6) is 5.75 Å². The SMILES string of the molecule is COc1ccc(-n2nccn2)c(C(=O)N2CCC[C@@]2(C)C(=O)Nc2c(NC(C)(C)C)ccc(Cl)c2C)c1. The van der Waals surface area contributed by atoms with Crippen molar-refractivity contribution in [2.45, 2.75) is 58.5 Å². The summed E-state index contributed by atoms with van der Waals surface area (Å²) in [5.74, 6) is -0.0448. The number of nitrogens with zero attached hydrogens (tertiary/aromatic N) is 4. The molecule has 2 aromatic carbocycles. The first-order chi connectivity index (χ1) is 17.4. The number of benzene rings is 2. The number of ether oxygens (including phenoxy) is 1. The zero-order chi connectivity index (χ0) is 27.0. The Morgan fingerprint density at radius 3 is 2.49 bits per heavy atom. The number of rotatable bonds is 6. The van der Waals surface area contributed by atoms with E-state index in [9.17, 15) is 9.59 Å². The molecule has 0 unspecified atom stereocenters. The zero-order valence-corrected chi connectivity index (χ0v) is 22.8. The molecule has 0 radical (unpaired) electrons. The lowest BCUT2D eigenvalue weighted by Gasteiger charge is -2.35. The van der Waals surface area contributed by atoms with Gasteiger partial charge in [-0.2, -0.15) is 15.0 Å². The predicted octanol–water partition coefficient (Wildman–Crippen LogP) is 5.08. The van der Waals surface area contributed by atoms with Crippen LogP contribution in [-0.4, -0.2) is 56.4 Å². The number of carbonyl (C=O) groups is 2. The number of halogens is 1. The quantitative estimate of drug-likeness (QED) is 0.466. The molecule has 3 aromatic rings. The van der Waals surface area contributed by atoms with Crippen LogP contribution >= 0.6 is 11.6 Å². The van der Waals surface area contributed by atoms with E-state index in [1.54, 1.807) is 55.6 Å². The van der Waals surface area contributed by atoms with Gasteiger partial charge in [-0.05, 0) is 83.4 Å². The molecular weight excluding hydrogens is 492 g/mol. The molecule has 1 aromatic heterocycles. The Labute approximate surface area is 222 Å². The Bertz CT molecular complexity index is 1320. The van der Waals surface area contributed by atoms with Crippen molar-refractivity contribution in [3.8, 4) is 11.4 Å². The van der Waals surface area contributed by atoms with Crippen LogP contribution in [0.2, 0.25) is 5.02 Å². The molecule has 0 aliphatic carbocycles. The minimum atomic E-state index is -1.08. The molecule has 0 saturated carbocycles. The second-order valence-corrected chi connectivity index (χ2v) is 10.9. The summed E-state index contributed by atoms with van der Waals surface area (Å²) >= 11 is 6.42. The van der Waals surface area contributed by atoms with Crippen LogP contribution in [-0.2, 0) is 4.79 Å². The summed E-state index contributed by atoms with van der Waals surface area (Å²) in [4.78, 5) is 30.9. The summed E-state index contributed by atoms with van der Waals surface area (Å²) in [7, 11) is 1.54. The highest BCUT2D eigenvalue weighted by Gasteiger charge is 2.46. The van der Waals surface area contributed by atoms with Crippen molar-refractivity contribution >= 4 is 34.8 Å². The molecule has 37 heavy (non-hydrogen) atoms. The van der Waals surface area contributed by atoms with Crippen molar-refractivity contribution < 1.29 is 14.3 Å². The van der Waals surface area contributed by atoms with Crippen molar-refractivity contribution in [2.75, 3.05) is 24.3 Å². The monoisotopic (exact) mass is 524 g/mol. The smallest absolute Gasteiger partial charge is 0.257 e. The molecular formula is C27H33ClN6O3. The van der Waals surface area contributed by atoms with Gasteiger partial charge in [-0.1, -0.05) is 11.6 Å². The molecule has 1 saturated heterocycles. The van der Waals surface area contributed by atoms with Crippen LogP contribution in [0.4, 0.5) is 11.4 Å². The molecule has 1 atom stereocenters. The highest BCUT2D eigenvalue weighted by molar-refractivity contribution is 6.32. The van der Waals surface area contributed by atoms with Crippen LogP contribution in [0.25, 0.3) is 5.69 Å². The van der Waals surface area contributed by atoms with Crippen LogP contribution in [0.1, 0.15) is 56.5 Å². The van der Waals surface area contributed by atoms with Gasteiger partial charge in [0.1, 0.15) is 11.3 Å². The third-order valence-corrected chi connectivity index (χ3v) is 7.00. The number of anilines is 2. The average Bonchev–Trinajstić information content (AvgIpc) is 3.52. The highest BCUT2D eigenvalue weighted by Crippen LogP contribution is 2.37. The van der Waals surface area contributed by atoms with Gasteiger partial charge in [-0.3, -0.25) is 9.59 Å². The number of hydrogen-bond acceptors (Lipinski definition) is 6. The van der Waals surface area contributed by atoms with E-state index in [1.807, 2.05) is 33.8 Å². The van der Waals surface area contributed by atoms with Crippen LogP contribution in [0.3, 0.4) is 0 Å². The van der Waals surface area contributed by atoms with Crippen molar-refractivity contribution in [3.05, 3.63) is 58.9 Å². The Morgan fingerprint density at radius 1 is 1.14 bits per heavy atom. The summed E-state index contributed by atoms with van der Waals surface area (Å²) in [6, 6.07) is 8.80. The van der Waals surface area contributed by atoms with Crippen LogP contribution in [0, 0.1) is 6.92 Å². The molecule has 2 N–H and O–H groups in total. The normalized spacial score (nSPS) is 17.5. The standard InChI is InChI=1S/C27H33ClN6O3/c1-17-20(28)9-10-21(32-26(2,3)4)23(17)31-25(36)27(5)12-7-15-33(27)24(35)19-16-18(37-6)8-11-22(19)34-29-13-14-30-34/h8-11,13-14,16,32H,7,12,15H2,1-6H3,(H,31,36)/t27-/m0/s1. The Hall–Kier alpha value is -3.59. The molecule has 1 aliphatic rings. The minimum Gasteiger partial charge on any atom is -0.497 e. The lowest BCUT2D eigenvalue weighted by Crippen LogP contribution is -2.53. The first-order valence-corrected chi connectivity index (χ1v) is 12.6. The van der Waals surface area contributed by atoms with E-state index in [-0.39, 0.29) is 17.4 Å². The summed E-state index contributed by atoms with van der Waals surface area (Å²) in [6.07, 6.45) is 4.30. The molecule has 10 heteroatoms. The number of likely N-dealkylation sites (tertiary alicyclic amines) is 1.